The average Bonchev–Trinajstić information content (AvgIpc) is 2.83. The Balaban J connectivity index is 1.79. The maximum atomic E-state index is 3.96. The lowest BCUT2D eigenvalue weighted by Crippen LogP contribution is -2.41. The molecule has 2 aliphatic rings. The molecule has 1 N–H and O–H groups in total. The molecule has 0 spiro atoms. The Morgan fingerprint density at radius 1 is 0.952 bits per heavy atom. The summed E-state index contributed by atoms with van der Waals surface area (Å²) in [5.41, 5.74) is 0. The second-order valence-corrected chi connectivity index (χ2v) is 8.42. The molecular formula is C19H38N2. The average molecular weight is 295 g/mol. The van der Waals surface area contributed by atoms with E-state index >= 15 is 0 Å². The van der Waals surface area contributed by atoms with Gasteiger partial charge in [0.15, 0.2) is 0 Å². The second kappa shape index (κ2) is 8.53. The van der Waals surface area contributed by atoms with Gasteiger partial charge in [0.2, 0.25) is 0 Å². The van der Waals surface area contributed by atoms with Gasteiger partial charge >= 0.3 is 0 Å². The third kappa shape index (κ3) is 5.90. The van der Waals surface area contributed by atoms with E-state index in [4.69, 9.17) is 0 Å². The van der Waals surface area contributed by atoms with E-state index in [-0.39, 0.29) is 0 Å². The van der Waals surface area contributed by atoms with Crippen LogP contribution in [-0.2, 0) is 0 Å². The largest absolute Gasteiger partial charge is 0.310 e. The quantitative estimate of drug-likeness (QED) is 0.718. The van der Waals surface area contributed by atoms with E-state index in [9.17, 15) is 0 Å². The first-order valence-corrected chi connectivity index (χ1v) is 9.53. The van der Waals surface area contributed by atoms with Crippen LogP contribution in [0.5, 0.6) is 0 Å². The Bertz CT molecular complexity index is 261. The zero-order valence-electron chi connectivity index (χ0n) is 14.9. The lowest BCUT2D eigenvalue weighted by atomic mass is 9.85. The Kier molecular flexibility index (Phi) is 7.01. The summed E-state index contributed by atoms with van der Waals surface area (Å²) < 4.78 is 0. The molecule has 0 radical (unpaired) electrons. The molecule has 124 valence electrons. The van der Waals surface area contributed by atoms with Gasteiger partial charge in [-0.25, -0.2) is 0 Å². The van der Waals surface area contributed by atoms with Crippen molar-refractivity contribution >= 4 is 0 Å². The first-order valence-electron chi connectivity index (χ1n) is 9.53. The lowest BCUT2D eigenvalue weighted by molar-refractivity contribution is 0.222. The first kappa shape index (κ1) is 17.3. The van der Waals surface area contributed by atoms with Gasteiger partial charge in [0.1, 0.15) is 0 Å². The molecule has 0 bridgehead atoms. The first-order chi connectivity index (χ1) is 10.0. The molecule has 3 unspecified atom stereocenters. The summed E-state index contributed by atoms with van der Waals surface area (Å²) in [6.45, 7) is 13.3. The highest BCUT2D eigenvalue weighted by atomic mass is 15.2. The summed E-state index contributed by atoms with van der Waals surface area (Å²) in [5, 5.41) is 3.96. The van der Waals surface area contributed by atoms with Gasteiger partial charge in [-0.15, -0.1) is 0 Å². The highest BCUT2D eigenvalue weighted by molar-refractivity contribution is 4.94. The van der Waals surface area contributed by atoms with Crippen LogP contribution in [0.1, 0.15) is 72.6 Å². The molecule has 1 aliphatic heterocycles. The van der Waals surface area contributed by atoms with Gasteiger partial charge < -0.3 is 10.2 Å². The minimum Gasteiger partial charge on any atom is -0.310 e. The Labute approximate surface area is 133 Å². The summed E-state index contributed by atoms with van der Waals surface area (Å²) in [6.07, 6.45) is 9.95. The Morgan fingerprint density at radius 2 is 1.57 bits per heavy atom. The smallest absolute Gasteiger partial charge is 0.0200 e. The van der Waals surface area contributed by atoms with Gasteiger partial charge in [-0.3, -0.25) is 0 Å². The van der Waals surface area contributed by atoms with Crippen molar-refractivity contribution in [3.05, 3.63) is 0 Å². The van der Waals surface area contributed by atoms with E-state index < -0.39 is 0 Å². The fraction of sp³-hybridized carbons (Fsp3) is 1.00. The Morgan fingerprint density at radius 3 is 2.14 bits per heavy atom. The normalized spacial score (nSPS) is 29.6. The van der Waals surface area contributed by atoms with Crippen molar-refractivity contribution in [3.63, 3.8) is 0 Å². The standard InChI is InChI=1S/C19H38N2/c1-15(2)9-11-21(12-10-16(3)4)14-18-13-17-7-5-6-8-19(17)20-18/h15-20H,5-14H2,1-4H3. The minimum absolute atomic E-state index is 0.762. The van der Waals surface area contributed by atoms with E-state index in [2.05, 4.69) is 37.9 Å². The summed E-state index contributed by atoms with van der Waals surface area (Å²) in [5.74, 6) is 2.64. The molecule has 21 heavy (non-hydrogen) atoms. The van der Waals surface area contributed by atoms with Gasteiger partial charge in [0.05, 0.1) is 0 Å². The monoisotopic (exact) mass is 294 g/mol. The number of hydrogen-bond donors (Lipinski definition) is 1. The van der Waals surface area contributed by atoms with Crippen LogP contribution in [0, 0.1) is 17.8 Å². The SMILES string of the molecule is CC(C)CCN(CCC(C)C)CC1CC2CCCCC2N1. The van der Waals surface area contributed by atoms with Crippen LogP contribution in [0.4, 0.5) is 0 Å². The molecule has 2 nitrogen and oxygen atoms in total. The van der Waals surface area contributed by atoms with Crippen molar-refractivity contribution in [1.82, 2.24) is 10.2 Å². The van der Waals surface area contributed by atoms with E-state index in [0.29, 0.717) is 0 Å². The zero-order valence-corrected chi connectivity index (χ0v) is 14.9. The third-order valence-corrected chi connectivity index (χ3v) is 5.47. The zero-order chi connectivity index (χ0) is 15.2. The molecule has 1 aliphatic carbocycles. The molecule has 3 atom stereocenters. The van der Waals surface area contributed by atoms with Crippen molar-refractivity contribution in [2.75, 3.05) is 19.6 Å². The van der Waals surface area contributed by atoms with Gasteiger partial charge in [-0.05, 0) is 62.9 Å². The minimum atomic E-state index is 0.762. The Hall–Kier alpha value is -0.0800. The summed E-state index contributed by atoms with van der Waals surface area (Å²) in [7, 11) is 0. The molecule has 1 saturated heterocycles. The number of hydrogen-bond acceptors (Lipinski definition) is 2. The van der Waals surface area contributed by atoms with Crippen LogP contribution in [0.3, 0.4) is 0 Å². The highest BCUT2D eigenvalue weighted by Crippen LogP contribution is 2.33. The van der Waals surface area contributed by atoms with Gasteiger partial charge in [-0.1, -0.05) is 40.5 Å². The van der Waals surface area contributed by atoms with Crippen LogP contribution in [0.15, 0.2) is 0 Å². The maximum Gasteiger partial charge on any atom is 0.0200 e. The van der Waals surface area contributed by atoms with Crippen molar-refractivity contribution < 1.29 is 0 Å². The van der Waals surface area contributed by atoms with E-state index in [1.165, 1.54) is 64.6 Å². The number of nitrogens with one attached hydrogen (secondary N) is 1. The number of rotatable bonds is 8. The highest BCUT2D eigenvalue weighted by Gasteiger charge is 2.35. The molecule has 2 rings (SSSR count). The molecule has 0 aromatic heterocycles. The van der Waals surface area contributed by atoms with Crippen LogP contribution in [0.2, 0.25) is 0 Å². The molecule has 0 aromatic carbocycles. The van der Waals surface area contributed by atoms with Crippen molar-refractivity contribution in [1.29, 1.82) is 0 Å². The van der Waals surface area contributed by atoms with Crippen LogP contribution in [-0.4, -0.2) is 36.6 Å². The molecule has 0 amide bonds. The topological polar surface area (TPSA) is 15.3 Å². The maximum absolute atomic E-state index is 3.96. The van der Waals surface area contributed by atoms with Crippen LogP contribution < -0.4 is 5.32 Å². The molecular weight excluding hydrogens is 256 g/mol. The van der Waals surface area contributed by atoms with E-state index in [1.807, 2.05) is 0 Å². The molecule has 2 heteroatoms. The van der Waals surface area contributed by atoms with E-state index in [1.54, 1.807) is 0 Å². The summed E-state index contributed by atoms with van der Waals surface area (Å²) in [4.78, 5) is 2.75. The van der Waals surface area contributed by atoms with Crippen LogP contribution in [0.25, 0.3) is 0 Å². The second-order valence-electron chi connectivity index (χ2n) is 8.42. The van der Waals surface area contributed by atoms with Crippen molar-refractivity contribution in [2.24, 2.45) is 17.8 Å². The lowest BCUT2D eigenvalue weighted by Gasteiger charge is -2.27. The summed E-state index contributed by atoms with van der Waals surface area (Å²) >= 11 is 0. The fourth-order valence-corrected chi connectivity index (χ4v) is 4.06. The van der Waals surface area contributed by atoms with Gasteiger partial charge in [0, 0.05) is 18.6 Å². The molecule has 0 aromatic rings. The molecule has 1 saturated carbocycles. The van der Waals surface area contributed by atoms with E-state index in [0.717, 1.165) is 29.8 Å². The van der Waals surface area contributed by atoms with Crippen molar-refractivity contribution in [3.8, 4) is 0 Å². The fourth-order valence-electron chi connectivity index (χ4n) is 4.06. The van der Waals surface area contributed by atoms with Crippen LogP contribution >= 0.6 is 0 Å². The summed E-state index contributed by atoms with van der Waals surface area (Å²) in [6, 6.07) is 1.61. The molecule has 2 fully saturated rings. The number of nitrogens with zero attached hydrogens (tertiary/aromatic N) is 1. The predicted octanol–water partition coefficient (Wildman–Crippen LogP) is 4.30. The van der Waals surface area contributed by atoms with Gasteiger partial charge in [-0.2, -0.15) is 0 Å². The number of fused-ring (bicyclic) bond motifs is 1. The molecule has 1 heterocycles. The predicted molar refractivity (Wildman–Crippen MR) is 92.6 cm³/mol. The van der Waals surface area contributed by atoms with Gasteiger partial charge in [0.25, 0.3) is 0 Å². The third-order valence-electron chi connectivity index (χ3n) is 5.47. The van der Waals surface area contributed by atoms with Crippen molar-refractivity contribution in [2.45, 2.75) is 84.7 Å².